The first-order chi connectivity index (χ1) is 9.88. The van der Waals surface area contributed by atoms with Gasteiger partial charge >= 0.3 is 0 Å². The van der Waals surface area contributed by atoms with Gasteiger partial charge in [-0.15, -0.1) is 0 Å². The largest absolute Gasteiger partial charge is 0.311 e. The Morgan fingerprint density at radius 3 is 2.52 bits per heavy atom. The quantitative estimate of drug-likeness (QED) is 0.902. The zero-order valence-corrected chi connectivity index (χ0v) is 13.9. The van der Waals surface area contributed by atoms with Crippen molar-refractivity contribution in [2.24, 2.45) is 5.92 Å². The molecule has 1 aromatic heterocycles. The summed E-state index contributed by atoms with van der Waals surface area (Å²) in [6.07, 6.45) is 2.05. The molecule has 3 nitrogen and oxygen atoms in total. The van der Waals surface area contributed by atoms with E-state index in [1.807, 2.05) is 4.68 Å². The molecular formula is C18H27N3. The van der Waals surface area contributed by atoms with Crippen LogP contribution in [-0.4, -0.2) is 16.3 Å². The third kappa shape index (κ3) is 4.18. The Balaban J connectivity index is 2.18. The number of para-hydroxylation sites is 1. The van der Waals surface area contributed by atoms with Gasteiger partial charge in [0.1, 0.15) is 0 Å². The Labute approximate surface area is 128 Å². The van der Waals surface area contributed by atoms with Crippen molar-refractivity contribution in [1.29, 1.82) is 0 Å². The molecule has 0 fully saturated rings. The second kappa shape index (κ2) is 6.44. The fourth-order valence-electron chi connectivity index (χ4n) is 2.39. The van der Waals surface area contributed by atoms with E-state index in [0.717, 1.165) is 18.8 Å². The molecule has 1 aromatic carbocycles. The molecule has 0 atom stereocenters. The van der Waals surface area contributed by atoms with Gasteiger partial charge in [0, 0.05) is 12.7 Å². The predicted octanol–water partition coefficient (Wildman–Crippen LogP) is 3.92. The minimum absolute atomic E-state index is 0.110. The minimum Gasteiger partial charge on any atom is -0.311 e. The number of benzene rings is 1. The summed E-state index contributed by atoms with van der Waals surface area (Å²) in [6, 6.07) is 10.6. The highest BCUT2D eigenvalue weighted by molar-refractivity contribution is 5.44. The van der Waals surface area contributed by atoms with Crippen molar-refractivity contribution in [1.82, 2.24) is 15.1 Å². The number of hydrogen-bond donors (Lipinski definition) is 1. The summed E-state index contributed by atoms with van der Waals surface area (Å²) < 4.78 is 1.99. The van der Waals surface area contributed by atoms with Crippen LogP contribution in [0.3, 0.4) is 0 Å². The van der Waals surface area contributed by atoms with E-state index in [0.29, 0.717) is 5.92 Å². The first-order valence-corrected chi connectivity index (χ1v) is 7.73. The molecular weight excluding hydrogens is 258 g/mol. The maximum atomic E-state index is 4.71. The monoisotopic (exact) mass is 285 g/mol. The molecule has 3 heteroatoms. The van der Waals surface area contributed by atoms with E-state index >= 15 is 0 Å². The maximum Gasteiger partial charge on any atom is 0.0766 e. The van der Waals surface area contributed by atoms with Crippen molar-refractivity contribution in [3.63, 3.8) is 0 Å². The normalized spacial score (nSPS) is 12.1. The standard InChI is InChI=1S/C18H27N3/c1-14(2)12-19-13-15-10-11-21(20-15)17-9-7-6-8-16(17)18(3,4)5/h6-11,14,19H,12-13H2,1-5H3. The lowest BCUT2D eigenvalue weighted by molar-refractivity contribution is 0.545. The van der Waals surface area contributed by atoms with Crippen LogP contribution in [-0.2, 0) is 12.0 Å². The number of aromatic nitrogens is 2. The topological polar surface area (TPSA) is 29.9 Å². The highest BCUT2D eigenvalue weighted by Gasteiger charge is 2.18. The third-order valence-electron chi connectivity index (χ3n) is 3.46. The van der Waals surface area contributed by atoms with E-state index in [9.17, 15) is 0 Å². The molecule has 0 saturated carbocycles. The van der Waals surface area contributed by atoms with Gasteiger partial charge in [0.2, 0.25) is 0 Å². The lowest BCUT2D eigenvalue weighted by atomic mass is 9.86. The Morgan fingerprint density at radius 2 is 1.86 bits per heavy atom. The number of nitrogens with zero attached hydrogens (tertiary/aromatic N) is 2. The van der Waals surface area contributed by atoms with Crippen molar-refractivity contribution in [3.05, 3.63) is 47.8 Å². The summed E-state index contributed by atoms with van der Waals surface area (Å²) in [5.74, 6) is 0.661. The van der Waals surface area contributed by atoms with Gasteiger partial charge in [-0.05, 0) is 35.6 Å². The average molecular weight is 285 g/mol. The summed E-state index contributed by atoms with van der Waals surface area (Å²) in [7, 11) is 0. The molecule has 0 bridgehead atoms. The summed E-state index contributed by atoms with van der Waals surface area (Å²) >= 11 is 0. The van der Waals surface area contributed by atoms with Gasteiger partial charge in [0.15, 0.2) is 0 Å². The minimum atomic E-state index is 0.110. The predicted molar refractivity (Wildman–Crippen MR) is 88.8 cm³/mol. The fourth-order valence-corrected chi connectivity index (χ4v) is 2.39. The third-order valence-corrected chi connectivity index (χ3v) is 3.46. The van der Waals surface area contributed by atoms with Crippen LogP contribution in [0.15, 0.2) is 36.5 Å². The smallest absolute Gasteiger partial charge is 0.0766 e. The highest BCUT2D eigenvalue weighted by atomic mass is 15.3. The van der Waals surface area contributed by atoms with Crippen LogP contribution in [0.4, 0.5) is 0 Å². The van der Waals surface area contributed by atoms with Gasteiger partial charge in [-0.1, -0.05) is 52.8 Å². The lowest BCUT2D eigenvalue weighted by Crippen LogP contribution is -2.19. The van der Waals surface area contributed by atoms with Crippen LogP contribution in [0.2, 0.25) is 0 Å². The van der Waals surface area contributed by atoms with E-state index in [2.05, 4.69) is 76.5 Å². The Hall–Kier alpha value is -1.61. The molecule has 2 rings (SSSR count). The molecule has 2 aromatic rings. The molecule has 21 heavy (non-hydrogen) atoms. The highest BCUT2D eigenvalue weighted by Crippen LogP contribution is 2.27. The van der Waals surface area contributed by atoms with Crippen molar-refractivity contribution in [2.75, 3.05) is 6.54 Å². The second-order valence-corrected chi connectivity index (χ2v) is 7.04. The van der Waals surface area contributed by atoms with E-state index in [1.165, 1.54) is 11.3 Å². The molecule has 0 aliphatic heterocycles. The molecule has 0 unspecified atom stereocenters. The van der Waals surface area contributed by atoms with Gasteiger partial charge in [0.05, 0.1) is 11.4 Å². The molecule has 0 aliphatic carbocycles. The molecule has 1 heterocycles. The van der Waals surface area contributed by atoms with Crippen molar-refractivity contribution >= 4 is 0 Å². The van der Waals surface area contributed by atoms with Gasteiger partial charge in [-0.2, -0.15) is 5.10 Å². The van der Waals surface area contributed by atoms with Crippen molar-refractivity contribution in [2.45, 2.75) is 46.6 Å². The van der Waals surface area contributed by atoms with Gasteiger partial charge in [-0.3, -0.25) is 0 Å². The van der Waals surface area contributed by atoms with Crippen LogP contribution < -0.4 is 5.32 Å². The lowest BCUT2D eigenvalue weighted by Gasteiger charge is -2.22. The average Bonchev–Trinajstić information content (AvgIpc) is 2.86. The molecule has 0 saturated heterocycles. The molecule has 1 N–H and O–H groups in total. The Bertz CT molecular complexity index is 576. The molecule has 0 radical (unpaired) electrons. The second-order valence-electron chi connectivity index (χ2n) is 7.04. The zero-order chi connectivity index (χ0) is 15.5. The van der Waals surface area contributed by atoms with Crippen LogP contribution in [0, 0.1) is 5.92 Å². The summed E-state index contributed by atoms with van der Waals surface area (Å²) in [5, 5.41) is 8.14. The SMILES string of the molecule is CC(C)CNCc1ccn(-c2ccccc2C(C)(C)C)n1. The van der Waals surface area contributed by atoms with E-state index in [4.69, 9.17) is 5.10 Å². The molecule has 0 amide bonds. The first-order valence-electron chi connectivity index (χ1n) is 7.73. The molecule has 0 aliphatic rings. The summed E-state index contributed by atoms with van der Waals surface area (Å²) in [5.41, 5.74) is 3.67. The van der Waals surface area contributed by atoms with Crippen LogP contribution >= 0.6 is 0 Å². The van der Waals surface area contributed by atoms with E-state index in [-0.39, 0.29) is 5.41 Å². The van der Waals surface area contributed by atoms with Gasteiger partial charge < -0.3 is 5.32 Å². The van der Waals surface area contributed by atoms with Crippen LogP contribution in [0.25, 0.3) is 5.69 Å². The number of hydrogen-bond acceptors (Lipinski definition) is 2. The molecule has 0 spiro atoms. The van der Waals surface area contributed by atoms with Crippen LogP contribution in [0.1, 0.15) is 45.9 Å². The first kappa shape index (κ1) is 15.8. The Morgan fingerprint density at radius 1 is 1.14 bits per heavy atom. The van der Waals surface area contributed by atoms with Gasteiger partial charge in [0.25, 0.3) is 0 Å². The van der Waals surface area contributed by atoms with E-state index < -0.39 is 0 Å². The van der Waals surface area contributed by atoms with Crippen molar-refractivity contribution < 1.29 is 0 Å². The van der Waals surface area contributed by atoms with E-state index in [1.54, 1.807) is 0 Å². The van der Waals surface area contributed by atoms with Crippen molar-refractivity contribution in [3.8, 4) is 5.69 Å². The summed E-state index contributed by atoms with van der Waals surface area (Å²) in [6.45, 7) is 13.0. The van der Waals surface area contributed by atoms with Gasteiger partial charge in [-0.25, -0.2) is 4.68 Å². The summed E-state index contributed by atoms with van der Waals surface area (Å²) in [4.78, 5) is 0. The van der Waals surface area contributed by atoms with Crippen LogP contribution in [0.5, 0.6) is 0 Å². The Kier molecular flexibility index (Phi) is 4.84. The molecule has 114 valence electrons. The zero-order valence-electron chi connectivity index (χ0n) is 13.9. The maximum absolute atomic E-state index is 4.71. The number of rotatable bonds is 5. The fraction of sp³-hybridized carbons (Fsp3) is 0.500. The number of nitrogens with one attached hydrogen (secondary N) is 1.